The van der Waals surface area contributed by atoms with Crippen molar-refractivity contribution >= 4 is 22.6 Å². The van der Waals surface area contributed by atoms with E-state index in [1.54, 1.807) is 15.8 Å². The van der Waals surface area contributed by atoms with Gasteiger partial charge in [0.05, 0.1) is 22.6 Å². The molecule has 2 aromatic heterocycles. The molecule has 156 valence electrons. The second-order valence-corrected chi connectivity index (χ2v) is 7.96. The van der Waals surface area contributed by atoms with E-state index in [2.05, 4.69) is 10.3 Å². The van der Waals surface area contributed by atoms with Crippen LogP contribution in [0.5, 0.6) is 0 Å². The smallest absolute Gasteiger partial charge is 0.341 e. The van der Waals surface area contributed by atoms with Crippen molar-refractivity contribution in [1.82, 2.24) is 19.6 Å². The molecule has 1 N–H and O–H groups in total. The Morgan fingerprint density at radius 2 is 1.97 bits per heavy atom. The number of aromatic nitrogens is 4. The zero-order valence-electron chi connectivity index (χ0n) is 16.2. The van der Waals surface area contributed by atoms with Crippen LogP contribution in [0.25, 0.3) is 10.9 Å². The van der Waals surface area contributed by atoms with E-state index in [4.69, 9.17) is 0 Å². The van der Waals surface area contributed by atoms with Gasteiger partial charge >= 0.3 is 5.97 Å². The van der Waals surface area contributed by atoms with Crippen LogP contribution in [0.15, 0.2) is 23.3 Å². The van der Waals surface area contributed by atoms with Crippen molar-refractivity contribution in [2.24, 2.45) is 0 Å². The number of nitrogens with zero attached hydrogens (tertiary/aromatic N) is 5. The Bertz CT molecular complexity index is 1250. The molecule has 2 fully saturated rings. The number of pyridine rings is 1. The van der Waals surface area contributed by atoms with Gasteiger partial charge in [0.1, 0.15) is 17.1 Å². The standard InChI is InChI=1S/C20H19F2N5O3/c1-10-7-27(24-23-10)12-4-5-25(8-12)18-15(21)6-13-17(16(18)22)26(11-2-3-11)9-14(19(13)28)20(29)30/h6-7,9,11-12H,2-5,8H2,1H3,(H,29,30). The molecule has 1 aliphatic carbocycles. The number of carbonyl (C=O) groups is 1. The van der Waals surface area contributed by atoms with Gasteiger partial charge in [-0.2, -0.15) is 0 Å². The Hall–Kier alpha value is -3.30. The maximum absolute atomic E-state index is 15.7. The van der Waals surface area contributed by atoms with Crippen molar-refractivity contribution in [2.75, 3.05) is 18.0 Å². The molecule has 10 heteroatoms. The number of benzene rings is 1. The molecule has 8 nitrogen and oxygen atoms in total. The fourth-order valence-electron chi connectivity index (χ4n) is 4.22. The van der Waals surface area contributed by atoms with Gasteiger partial charge in [-0.3, -0.25) is 4.79 Å². The Morgan fingerprint density at radius 3 is 2.60 bits per heavy atom. The molecule has 0 spiro atoms. The van der Waals surface area contributed by atoms with E-state index in [1.165, 1.54) is 10.8 Å². The molecule has 1 unspecified atom stereocenters. The van der Waals surface area contributed by atoms with Gasteiger partial charge < -0.3 is 14.6 Å². The summed E-state index contributed by atoms with van der Waals surface area (Å²) in [6, 6.07) is 0.804. The van der Waals surface area contributed by atoms with Crippen LogP contribution in [-0.4, -0.2) is 43.7 Å². The lowest BCUT2D eigenvalue weighted by Crippen LogP contribution is -2.25. The highest BCUT2D eigenvalue weighted by Gasteiger charge is 2.33. The fourth-order valence-corrected chi connectivity index (χ4v) is 4.22. The molecule has 1 aromatic carbocycles. The van der Waals surface area contributed by atoms with Gasteiger partial charge in [-0.15, -0.1) is 5.10 Å². The highest BCUT2D eigenvalue weighted by Crippen LogP contribution is 2.40. The first kappa shape index (κ1) is 18.7. The van der Waals surface area contributed by atoms with E-state index in [1.807, 2.05) is 6.92 Å². The third-order valence-corrected chi connectivity index (χ3v) is 5.83. The van der Waals surface area contributed by atoms with Gasteiger partial charge in [-0.25, -0.2) is 18.3 Å². The third kappa shape index (κ3) is 2.86. The average Bonchev–Trinajstić information content (AvgIpc) is 3.27. The van der Waals surface area contributed by atoms with Crippen LogP contribution in [0.3, 0.4) is 0 Å². The van der Waals surface area contributed by atoms with Gasteiger partial charge in [-0.1, -0.05) is 5.21 Å². The third-order valence-electron chi connectivity index (χ3n) is 5.83. The van der Waals surface area contributed by atoms with Crippen molar-refractivity contribution in [3.05, 3.63) is 51.6 Å². The van der Waals surface area contributed by atoms with Crippen molar-refractivity contribution < 1.29 is 18.7 Å². The molecule has 1 saturated carbocycles. The Morgan fingerprint density at radius 1 is 1.20 bits per heavy atom. The van der Waals surface area contributed by atoms with E-state index in [0.717, 1.165) is 24.6 Å². The Kier molecular flexibility index (Phi) is 4.12. The monoisotopic (exact) mass is 415 g/mol. The summed E-state index contributed by atoms with van der Waals surface area (Å²) in [5, 5.41) is 17.1. The predicted octanol–water partition coefficient (Wildman–Crippen LogP) is 2.66. The number of aromatic carboxylic acids is 1. The summed E-state index contributed by atoms with van der Waals surface area (Å²) in [6.07, 6.45) is 5.12. The first-order valence-electron chi connectivity index (χ1n) is 9.78. The maximum atomic E-state index is 15.7. The molecule has 0 amide bonds. The number of carboxylic acid groups (broad SMARTS) is 1. The number of fused-ring (bicyclic) bond motifs is 1. The first-order valence-corrected chi connectivity index (χ1v) is 9.78. The van der Waals surface area contributed by atoms with Gasteiger partial charge in [0.2, 0.25) is 5.43 Å². The van der Waals surface area contributed by atoms with Crippen LogP contribution < -0.4 is 10.3 Å². The molecular formula is C20H19F2N5O3. The molecule has 0 bridgehead atoms. The van der Waals surface area contributed by atoms with E-state index < -0.39 is 28.6 Å². The summed E-state index contributed by atoms with van der Waals surface area (Å²) >= 11 is 0. The first-order chi connectivity index (χ1) is 14.3. The van der Waals surface area contributed by atoms with Gasteiger partial charge in [0, 0.05) is 31.5 Å². The summed E-state index contributed by atoms with van der Waals surface area (Å²) in [7, 11) is 0. The van der Waals surface area contributed by atoms with Crippen LogP contribution in [0.4, 0.5) is 14.5 Å². The highest BCUT2D eigenvalue weighted by atomic mass is 19.1. The van der Waals surface area contributed by atoms with Crippen molar-refractivity contribution in [2.45, 2.75) is 38.3 Å². The number of rotatable bonds is 4. The molecule has 1 saturated heterocycles. The Labute approximate surface area is 169 Å². The molecule has 1 atom stereocenters. The van der Waals surface area contributed by atoms with E-state index in [0.29, 0.717) is 19.5 Å². The normalized spacial score (nSPS) is 19.0. The maximum Gasteiger partial charge on any atom is 0.341 e. The lowest BCUT2D eigenvalue weighted by Gasteiger charge is -2.22. The largest absolute Gasteiger partial charge is 0.477 e. The van der Waals surface area contributed by atoms with Crippen LogP contribution in [0.1, 0.15) is 47.4 Å². The van der Waals surface area contributed by atoms with Crippen LogP contribution >= 0.6 is 0 Å². The summed E-state index contributed by atoms with van der Waals surface area (Å²) in [6.45, 7) is 2.59. The quantitative estimate of drug-likeness (QED) is 0.704. The van der Waals surface area contributed by atoms with E-state index >= 15 is 8.78 Å². The van der Waals surface area contributed by atoms with E-state index in [-0.39, 0.29) is 28.7 Å². The molecule has 3 heterocycles. The van der Waals surface area contributed by atoms with Crippen LogP contribution in [-0.2, 0) is 0 Å². The topological polar surface area (TPSA) is 93.2 Å². The number of halogens is 2. The average molecular weight is 415 g/mol. The fraction of sp³-hybridized carbons (Fsp3) is 0.400. The van der Waals surface area contributed by atoms with Crippen molar-refractivity contribution in [3.8, 4) is 0 Å². The minimum Gasteiger partial charge on any atom is -0.477 e. The second kappa shape index (κ2) is 6.61. The highest BCUT2D eigenvalue weighted by molar-refractivity contribution is 5.94. The summed E-state index contributed by atoms with van der Waals surface area (Å²) < 4.78 is 33.8. The number of carboxylic acids is 1. The number of hydrogen-bond acceptors (Lipinski definition) is 5. The molecular weight excluding hydrogens is 396 g/mol. The molecule has 30 heavy (non-hydrogen) atoms. The number of hydrogen-bond donors (Lipinski definition) is 1. The lowest BCUT2D eigenvalue weighted by atomic mass is 10.1. The van der Waals surface area contributed by atoms with Gasteiger partial charge in [0.15, 0.2) is 5.82 Å². The zero-order chi connectivity index (χ0) is 21.2. The van der Waals surface area contributed by atoms with Gasteiger partial charge in [-0.05, 0) is 32.3 Å². The summed E-state index contributed by atoms with van der Waals surface area (Å²) in [5.74, 6) is -3.12. The number of anilines is 1. The summed E-state index contributed by atoms with van der Waals surface area (Å²) in [5.41, 5.74) is -0.832. The number of aryl methyl sites for hydroxylation is 1. The van der Waals surface area contributed by atoms with Crippen LogP contribution in [0, 0.1) is 18.6 Å². The molecule has 2 aliphatic rings. The molecule has 3 aromatic rings. The SMILES string of the molecule is Cc1cn(C2CCN(c3c(F)cc4c(=O)c(C(=O)O)cn(C5CC5)c4c3F)C2)nn1. The van der Waals surface area contributed by atoms with Crippen molar-refractivity contribution in [1.29, 1.82) is 0 Å². The molecule has 0 radical (unpaired) electrons. The molecule has 5 rings (SSSR count). The van der Waals surface area contributed by atoms with Gasteiger partial charge in [0.25, 0.3) is 0 Å². The summed E-state index contributed by atoms with van der Waals surface area (Å²) in [4.78, 5) is 25.6. The van der Waals surface area contributed by atoms with E-state index in [9.17, 15) is 14.7 Å². The minimum absolute atomic E-state index is 0.0380. The Balaban J connectivity index is 1.64. The zero-order valence-corrected chi connectivity index (χ0v) is 16.2. The minimum atomic E-state index is -1.41. The predicted molar refractivity (Wildman–Crippen MR) is 104 cm³/mol. The van der Waals surface area contributed by atoms with Crippen LogP contribution in [0.2, 0.25) is 0 Å². The van der Waals surface area contributed by atoms with Crippen molar-refractivity contribution in [3.63, 3.8) is 0 Å². The molecule has 1 aliphatic heterocycles. The lowest BCUT2D eigenvalue weighted by molar-refractivity contribution is 0.0694. The second-order valence-electron chi connectivity index (χ2n) is 7.96.